The van der Waals surface area contributed by atoms with Crippen LogP contribution in [0.1, 0.15) is 11.1 Å². The third kappa shape index (κ3) is 6.60. The van der Waals surface area contributed by atoms with E-state index in [9.17, 15) is 0 Å². The number of nitrogens with zero attached hydrogens (tertiary/aromatic N) is 8. The summed E-state index contributed by atoms with van der Waals surface area (Å²) in [5.74, 6) is 0. The number of benzene rings is 1. The highest BCUT2D eigenvalue weighted by Gasteiger charge is 2.27. The molecule has 9 rings (SSSR count). The fourth-order valence-electron chi connectivity index (χ4n) is 7.28. The highest BCUT2D eigenvalue weighted by Crippen LogP contribution is 2.48. The number of aromatic nitrogens is 8. The summed E-state index contributed by atoms with van der Waals surface area (Å²) >= 11 is 0. The summed E-state index contributed by atoms with van der Waals surface area (Å²) in [6.45, 7) is 4.31. The molecule has 0 radical (unpaired) electrons. The first-order chi connectivity index (χ1) is 27.6. The molecule has 8 nitrogen and oxygen atoms in total. The topological polar surface area (TPSA) is 103 Å². The molecule has 0 spiro atoms. The summed E-state index contributed by atoms with van der Waals surface area (Å²) in [7, 11) is 0. The Morgan fingerprint density at radius 2 is 0.500 bits per heavy atom. The van der Waals surface area contributed by atoms with Crippen molar-refractivity contribution >= 4 is 0 Å². The van der Waals surface area contributed by atoms with Crippen LogP contribution in [0.5, 0.6) is 0 Å². The van der Waals surface area contributed by atoms with Crippen LogP contribution >= 0.6 is 0 Å². The Morgan fingerprint density at radius 3 is 0.714 bits per heavy atom. The SMILES string of the molecule is Cc1c(-c2cccc(-c3cccnc3)n2)c(-c2cccc(-c3cccnc3)n2)c(C)c(-c2cccc(-c3cccnc3)n2)c1-c1cccc(-c2cccnc2)n1. The summed E-state index contributed by atoms with van der Waals surface area (Å²) in [6, 6.07) is 40.4. The average Bonchev–Trinajstić information content (AvgIpc) is 3.28. The van der Waals surface area contributed by atoms with Gasteiger partial charge in [-0.1, -0.05) is 24.3 Å². The quantitative estimate of drug-likeness (QED) is 0.153. The minimum Gasteiger partial charge on any atom is -0.264 e. The van der Waals surface area contributed by atoms with E-state index in [0.29, 0.717) is 0 Å². The van der Waals surface area contributed by atoms with Crippen LogP contribution in [-0.2, 0) is 0 Å². The lowest BCUT2D eigenvalue weighted by molar-refractivity contribution is 1.22. The van der Waals surface area contributed by atoms with Crippen molar-refractivity contribution < 1.29 is 0 Å². The minimum absolute atomic E-state index is 0.809. The van der Waals surface area contributed by atoms with Gasteiger partial charge in [0.15, 0.2) is 0 Å². The van der Waals surface area contributed by atoms with Crippen molar-refractivity contribution in [3.05, 3.63) is 182 Å². The first kappa shape index (κ1) is 34.2. The van der Waals surface area contributed by atoms with E-state index in [4.69, 9.17) is 19.9 Å². The van der Waals surface area contributed by atoms with Crippen LogP contribution < -0.4 is 0 Å². The molecule has 0 saturated heterocycles. The van der Waals surface area contributed by atoms with Crippen LogP contribution in [0.25, 0.3) is 90.1 Å². The maximum Gasteiger partial charge on any atom is 0.0725 e. The fraction of sp³-hybridized carbons (Fsp3) is 0.0417. The summed E-state index contributed by atoms with van der Waals surface area (Å²) in [4.78, 5) is 38.8. The molecule has 8 heterocycles. The zero-order valence-corrected chi connectivity index (χ0v) is 30.7. The van der Waals surface area contributed by atoms with Crippen LogP contribution in [0.4, 0.5) is 0 Å². The van der Waals surface area contributed by atoms with Crippen LogP contribution in [0, 0.1) is 13.8 Å². The van der Waals surface area contributed by atoms with Crippen molar-refractivity contribution in [2.24, 2.45) is 0 Å². The first-order valence-electron chi connectivity index (χ1n) is 18.3. The molecule has 0 aliphatic rings. The Hall–Kier alpha value is -7.58. The average molecular weight is 723 g/mol. The number of hydrogen-bond donors (Lipinski definition) is 0. The number of hydrogen-bond acceptors (Lipinski definition) is 8. The number of rotatable bonds is 8. The van der Waals surface area contributed by atoms with Gasteiger partial charge in [0.2, 0.25) is 0 Å². The van der Waals surface area contributed by atoms with Crippen molar-refractivity contribution in [1.82, 2.24) is 39.9 Å². The second kappa shape index (κ2) is 15.0. The lowest BCUT2D eigenvalue weighted by Gasteiger charge is -2.24. The predicted molar refractivity (Wildman–Crippen MR) is 222 cm³/mol. The van der Waals surface area contributed by atoms with Gasteiger partial charge in [-0.2, -0.15) is 0 Å². The van der Waals surface area contributed by atoms with Crippen molar-refractivity contribution in [1.29, 1.82) is 0 Å². The molecular weight excluding hydrogens is 689 g/mol. The van der Waals surface area contributed by atoms with Gasteiger partial charge in [-0.15, -0.1) is 0 Å². The highest BCUT2D eigenvalue weighted by molar-refractivity contribution is 5.99. The van der Waals surface area contributed by atoms with Crippen LogP contribution in [-0.4, -0.2) is 39.9 Å². The van der Waals surface area contributed by atoms with E-state index in [-0.39, 0.29) is 0 Å². The van der Waals surface area contributed by atoms with Crippen LogP contribution in [0.15, 0.2) is 171 Å². The largest absolute Gasteiger partial charge is 0.264 e. The van der Waals surface area contributed by atoms with Crippen molar-refractivity contribution in [3.8, 4) is 90.1 Å². The summed E-state index contributed by atoms with van der Waals surface area (Å²) in [5, 5.41) is 0. The lowest BCUT2D eigenvalue weighted by Crippen LogP contribution is -2.05. The zero-order chi connectivity index (χ0) is 37.8. The molecule has 0 aliphatic heterocycles. The van der Waals surface area contributed by atoms with E-state index in [2.05, 4.69) is 82.3 Å². The molecule has 0 fully saturated rings. The fourth-order valence-corrected chi connectivity index (χ4v) is 7.28. The second-order valence-corrected chi connectivity index (χ2v) is 13.3. The predicted octanol–water partition coefficient (Wildman–Crippen LogP) is 10.8. The Bertz CT molecular complexity index is 2430. The van der Waals surface area contributed by atoms with Crippen LogP contribution in [0.3, 0.4) is 0 Å². The molecule has 8 heteroatoms. The molecule has 266 valence electrons. The highest BCUT2D eigenvalue weighted by atomic mass is 14.8. The molecule has 0 bridgehead atoms. The Labute approximate surface area is 324 Å². The molecule has 1 aromatic carbocycles. The third-order valence-electron chi connectivity index (χ3n) is 9.85. The lowest BCUT2D eigenvalue weighted by atomic mass is 9.82. The first-order valence-corrected chi connectivity index (χ1v) is 18.3. The van der Waals surface area contributed by atoms with Crippen LogP contribution in [0.2, 0.25) is 0 Å². The van der Waals surface area contributed by atoms with Gasteiger partial charge in [0.25, 0.3) is 0 Å². The summed E-state index contributed by atoms with van der Waals surface area (Å²) < 4.78 is 0. The smallest absolute Gasteiger partial charge is 0.0725 e. The molecule has 0 amide bonds. The minimum atomic E-state index is 0.809. The Balaban J connectivity index is 1.38. The van der Waals surface area contributed by atoms with Gasteiger partial charge in [-0.05, 0) is 122 Å². The Morgan fingerprint density at radius 1 is 0.268 bits per heavy atom. The molecule has 0 aliphatic carbocycles. The van der Waals surface area contributed by atoms with Crippen molar-refractivity contribution in [3.63, 3.8) is 0 Å². The molecular formula is C48H34N8. The normalized spacial score (nSPS) is 11.0. The van der Waals surface area contributed by atoms with Gasteiger partial charge in [-0.3, -0.25) is 19.9 Å². The summed E-state index contributed by atoms with van der Waals surface area (Å²) in [5.41, 5.74) is 16.1. The maximum atomic E-state index is 5.31. The molecule has 56 heavy (non-hydrogen) atoms. The van der Waals surface area contributed by atoms with E-state index in [1.54, 1.807) is 24.8 Å². The van der Waals surface area contributed by atoms with Crippen molar-refractivity contribution in [2.75, 3.05) is 0 Å². The van der Waals surface area contributed by atoms with Gasteiger partial charge in [0, 0.05) is 94.1 Å². The van der Waals surface area contributed by atoms with Gasteiger partial charge in [0.1, 0.15) is 0 Å². The third-order valence-corrected chi connectivity index (χ3v) is 9.85. The maximum absolute atomic E-state index is 5.31. The molecule has 0 unspecified atom stereocenters. The van der Waals surface area contributed by atoms with E-state index < -0.39 is 0 Å². The second-order valence-electron chi connectivity index (χ2n) is 13.3. The van der Waals surface area contributed by atoms with E-state index in [0.717, 1.165) is 101 Å². The Kier molecular flexibility index (Phi) is 9.19. The molecule has 0 atom stereocenters. The van der Waals surface area contributed by atoms with Crippen molar-refractivity contribution in [2.45, 2.75) is 13.8 Å². The van der Waals surface area contributed by atoms with Gasteiger partial charge >= 0.3 is 0 Å². The van der Waals surface area contributed by atoms with E-state index in [1.807, 2.05) is 97.6 Å². The van der Waals surface area contributed by atoms with Gasteiger partial charge < -0.3 is 0 Å². The standard InChI is InChI=1S/C48H34N8/c1-31-45(41-19-3-15-37(53-41)33-11-7-23-49-27-33)47(43-21-5-17-39(55-43)35-13-9-25-51-29-35)32(2)48(44-22-6-18-40(56-44)36-14-10-26-52-30-36)46(31)42-20-4-16-38(54-42)34-12-8-24-50-28-34/h3-30H,1-2H3. The van der Waals surface area contributed by atoms with E-state index in [1.165, 1.54) is 0 Å². The monoisotopic (exact) mass is 722 g/mol. The molecule has 0 N–H and O–H groups in total. The number of pyridine rings is 8. The van der Waals surface area contributed by atoms with Gasteiger partial charge in [-0.25, -0.2) is 19.9 Å². The molecule has 8 aromatic heterocycles. The van der Waals surface area contributed by atoms with E-state index >= 15 is 0 Å². The molecule has 0 saturated carbocycles. The van der Waals surface area contributed by atoms with Gasteiger partial charge in [0.05, 0.1) is 45.6 Å². The summed E-state index contributed by atoms with van der Waals surface area (Å²) in [6.07, 6.45) is 14.5. The molecule has 9 aromatic rings. The zero-order valence-electron chi connectivity index (χ0n) is 30.7.